The van der Waals surface area contributed by atoms with Crippen molar-refractivity contribution in [3.63, 3.8) is 0 Å². The molecule has 0 spiro atoms. The lowest BCUT2D eigenvalue weighted by Gasteiger charge is -2.08. The molecule has 0 aliphatic carbocycles. The van der Waals surface area contributed by atoms with Crippen LogP contribution in [0.3, 0.4) is 0 Å². The lowest BCUT2D eigenvalue weighted by Crippen LogP contribution is -2.32. The van der Waals surface area contributed by atoms with Crippen LogP contribution in [0.4, 0.5) is 0 Å². The third-order valence-corrected chi connectivity index (χ3v) is 3.36. The van der Waals surface area contributed by atoms with Crippen molar-refractivity contribution >= 4 is 35.4 Å². The smallest absolute Gasteiger partial charge is 0.313 e. The van der Waals surface area contributed by atoms with E-state index in [2.05, 4.69) is 5.32 Å². The van der Waals surface area contributed by atoms with Gasteiger partial charge in [-0.05, 0) is 13.2 Å². The Morgan fingerprint density at radius 1 is 1.50 bits per heavy atom. The minimum atomic E-state index is -0.821. The number of thioether (sulfide) groups is 2. The fraction of sp³-hybridized carbons (Fsp3) is 0.750. The van der Waals surface area contributed by atoms with E-state index in [1.165, 1.54) is 23.5 Å². The van der Waals surface area contributed by atoms with E-state index in [9.17, 15) is 9.59 Å². The number of nitrogens with one attached hydrogen (secondary N) is 1. The van der Waals surface area contributed by atoms with Gasteiger partial charge in [-0.15, -0.1) is 11.8 Å². The van der Waals surface area contributed by atoms with Crippen LogP contribution in [-0.2, 0) is 9.59 Å². The molecule has 0 heterocycles. The van der Waals surface area contributed by atoms with E-state index >= 15 is 0 Å². The molecule has 0 fully saturated rings. The zero-order valence-corrected chi connectivity index (χ0v) is 9.91. The van der Waals surface area contributed by atoms with Gasteiger partial charge in [0.15, 0.2) is 0 Å². The molecule has 0 saturated carbocycles. The summed E-state index contributed by atoms with van der Waals surface area (Å²) in [5.41, 5.74) is 0. The maximum absolute atomic E-state index is 11.2. The van der Waals surface area contributed by atoms with E-state index in [-0.39, 0.29) is 16.9 Å². The second-order valence-corrected chi connectivity index (χ2v) is 4.90. The topological polar surface area (TPSA) is 66.4 Å². The zero-order valence-electron chi connectivity index (χ0n) is 8.28. The molecular formula is C8H15NO3S2. The highest BCUT2D eigenvalue weighted by Crippen LogP contribution is 2.04. The molecule has 1 unspecified atom stereocenters. The molecule has 6 heteroatoms. The SMILES string of the molecule is CSC(C)C(=O)NCCSCC(=O)O. The third-order valence-electron chi connectivity index (χ3n) is 1.49. The molecule has 0 aromatic carbocycles. The van der Waals surface area contributed by atoms with Gasteiger partial charge in [0.2, 0.25) is 5.91 Å². The molecule has 0 aromatic rings. The Balaban J connectivity index is 3.36. The predicted molar refractivity (Wildman–Crippen MR) is 60.9 cm³/mol. The summed E-state index contributed by atoms with van der Waals surface area (Å²) in [6.07, 6.45) is 1.88. The molecule has 1 atom stereocenters. The van der Waals surface area contributed by atoms with Crippen molar-refractivity contribution in [1.82, 2.24) is 5.32 Å². The van der Waals surface area contributed by atoms with E-state index in [0.29, 0.717) is 12.3 Å². The van der Waals surface area contributed by atoms with Gasteiger partial charge in [0.05, 0.1) is 11.0 Å². The van der Waals surface area contributed by atoms with Crippen molar-refractivity contribution in [2.24, 2.45) is 0 Å². The number of rotatable bonds is 7. The summed E-state index contributed by atoms with van der Waals surface area (Å²) in [6, 6.07) is 0. The number of hydrogen-bond acceptors (Lipinski definition) is 4. The zero-order chi connectivity index (χ0) is 11.0. The van der Waals surface area contributed by atoms with Crippen molar-refractivity contribution in [2.75, 3.05) is 24.3 Å². The number of carboxylic acid groups (broad SMARTS) is 1. The van der Waals surface area contributed by atoms with Crippen molar-refractivity contribution in [3.05, 3.63) is 0 Å². The molecule has 82 valence electrons. The molecule has 0 radical (unpaired) electrons. The quantitative estimate of drug-likeness (QED) is 0.637. The second kappa shape index (κ2) is 7.99. The molecule has 0 rings (SSSR count). The third kappa shape index (κ3) is 7.08. The van der Waals surface area contributed by atoms with Crippen molar-refractivity contribution in [1.29, 1.82) is 0 Å². The van der Waals surface area contributed by atoms with Gasteiger partial charge in [-0.1, -0.05) is 0 Å². The molecule has 1 amide bonds. The summed E-state index contributed by atoms with van der Waals surface area (Å²) in [4.78, 5) is 21.4. The first-order valence-corrected chi connectivity index (χ1v) is 6.62. The molecule has 4 nitrogen and oxygen atoms in total. The van der Waals surface area contributed by atoms with Gasteiger partial charge in [0, 0.05) is 12.3 Å². The largest absolute Gasteiger partial charge is 0.481 e. The molecule has 0 saturated heterocycles. The van der Waals surface area contributed by atoms with Crippen LogP contribution < -0.4 is 5.32 Å². The van der Waals surface area contributed by atoms with Gasteiger partial charge in [0.25, 0.3) is 0 Å². The highest BCUT2D eigenvalue weighted by atomic mass is 32.2. The van der Waals surface area contributed by atoms with Gasteiger partial charge in [-0.25, -0.2) is 0 Å². The Labute approximate surface area is 92.2 Å². The number of carbonyl (C=O) groups is 2. The van der Waals surface area contributed by atoms with Crippen LogP contribution in [0.25, 0.3) is 0 Å². The van der Waals surface area contributed by atoms with Crippen LogP contribution in [0, 0.1) is 0 Å². The fourth-order valence-corrected chi connectivity index (χ4v) is 1.52. The first kappa shape index (κ1) is 13.6. The van der Waals surface area contributed by atoms with E-state index in [1.807, 2.05) is 13.2 Å². The van der Waals surface area contributed by atoms with E-state index in [4.69, 9.17) is 5.11 Å². The minimum Gasteiger partial charge on any atom is -0.481 e. The van der Waals surface area contributed by atoms with Crippen molar-refractivity contribution < 1.29 is 14.7 Å². The lowest BCUT2D eigenvalue weighted by atomic mass is 10.4. The van der Waals surface area contributed by atoms with Crippen LogP contribution in [0.1, 0.15) is 6.92 Å². The summed E-state index contributed by atoms with van der Waals surface area (Å²) in [6.45, 7) is 2.37. The van der Waals surface area contributed by atoms with Crippen LogP contribution in [0.5, 0.6) is 0 Å². The van der Waals surface area contributed by atoms with Gasteiger partial charge < -0.3 is 10.4 Å². The number of carboxylic acids is 1. The number of carbonyl (C=O) groups excluding carboxylic acids is 1. The normalized spacial score (nSPS) is 12.1. The van der Waals surface area contributed by atoms with E-state index in [0.717, 1.165) is 0 Å². The summed E-state index contributed by atoms with van der Waals surface area (Å²) in [5, 5.41) is 11.0. The van der Waals surface area contributed by atoms with E-state index in [1.54, 1.807) is 0 Å². The maximum atomic E-state index is 11.2. The van der Waals surface area contributed by atoms with Gasteiger partial charge >= 0.3 is 5.97 Å². The summed E-state index contributed by atoms with van der Waals surface area (Å²) in [7, 11) is 0. The lowest BCUT2D eigenvalue weighted by molar-refractivity contribution is -0.133. The Morgan fingerprint density at radius 2 is 2.14 bits per heavy atom. The fourth-order valence-electron chi connectivity index (χ4n) is 0.657. The molecule has 0 bridgehead atoms. The van der Waals surface area contributed by atoms with E-state index < -0.39 is 5.97 Å². The van der Waals surface area contributed by atoms with Crippen LogP contribution in [0.2, 0.25) is 0 Å². The predicted octanol–water partition coefficient (Wildman–Crippen LogP) is 0.672. The summed E-state index contributed by atoms with van der Waals surface area (Å²) < 4.78 is 0. The van der Waals surface area contributed by atoms with Crippen molar-refractivity contribution in [2.45, 2.75) is 12.2 Å². The van der Waals surface area contributed by atoms with Crippen molar-refractivity contribution in [3.8, 4) is 0 Å². The minimum absolute atomic E-state index is 0.00780. The maximum Gasteiger partial charge on any atom is 0.313 e. The molecule has 0 aliphatic heterocycles. The van der Waals surface area contributed by atoms with Gasteiger partial charge in [-0.3, -0.25) is 9.59 Å². The molecule has 14 heavy (non-hydrogen) atoms. The average molecular weight is 237 g/mol. The van der Waals surface area contributed by atoms with Crippen LogP contribution in [-0.4, -0.2) is 46.5 Å². The first-order valence-electron chi connectivity index (χ1n) is 4.18. The van der Waals surface area contributed by atoms with Crippen LogP contribution >= 0.6 is 23.5 Å². The molecule has 2 N–H and O–H groups in total. The summed E-state index contributed by atoms with van der Waals surface area (Å²) in [5.74, 6) is -0.0835. The second-order valence-electron chi connectivity index (χ2n) is 2.62. The van der Waals surface area contributed by atoms with Gasteiger partial charge in [0.1, 0.15) is 0 Å². The summed E-state index contributed by atoms with van der Waals surface area (Å²) >= 11 is 2.79. The standard InChI is InChI=1S/C8H15NO3S2/c1-6(13-2)8(12)9-3-4-14-5-7(10)11/h6H,3-5H2,1-2H3,(H,9,12)(H,10,11). The molecule has 0 aliphatic rings. The number of hydrogen-bond donors (Lipinski definition) is 2. The Hall–Kier alpha value is -0.360. The van der Waals surface area contributed by atoms with Gasteiger partial charge in [-0.2, -0.15) is 11.8 Å². The Kier molecular flexibility index (Phi) is 7.78. The first-order chi connectivity index (χ1) is 6.57. The molecular weight excluding hydrogens is 222 g/mol. The monoisotopic (exact) mass is 237 g/mol. The average Bonchev–Trinajstić information content (AvgIpc) is 2.15. The highest BCUT2D eigenvalue weighted by Gasteiger charge is 2.09. The molecule has 0 aromatic heterocycles. The Morgan fingerprint density at radius 3 is 2.64 bits per heavy atom. The Bertz CT molecular complexity index is 199. The number of amides is 1. The van der Waals surface area contributed by atoms with Crippen LogP contribution in [0.15, 0.2) is 0 Å². The number of aliphatic carboxylic acids is 1. The highest BCUT2D eigenvalue weighted by molar-refractivity contribution is 8.00.